The maximum Gasteiger partial charge on any atom is 0.317 e. The summed E-state index contributed by atoms with van der Waals surface area (Å²) in [7, 11) is 0. The summed E-state index contributed by atoms with van der Waals surface area (Å²) in [6.45, 7) is 5.62. The van der Waals surface area contributed by atoms with E-state index in [9.17, 15) is 14.4 Å². The molecule has 0 spiro atoms. The van der Waals surface area contributed by atoms with E-state index in [0.29, 0.717) is 32.7 Å². The van der Waals surface area contributed by atoms with E-state index in [1.165, 1.54) is 6.92 Å². The van der Waals surface area contributed by atoms with Crippen molar-refractivity contribution in [2.45, 2.75) is 13.8 Å². The van der Waals surface area contributed by atoms with Gasteiger partial charge in [-0.25, -0.2) is 4.79 Å². The van der Waals surface area contributed by atoms with Crippen LogP contribution in [0.25, 0.3) is 6.08 Å². The van der Waals surface area contributed by atoms with Gasteiger partial charge in [-0.3, -0.25) is 9.59 Å². The molecule has 1 heterocycles. The van der Waals surface area contributed by atoms with Crippen molar-refractivity contribution in [3.05, 3.63) is 41.6 Å². The molecule has 1 aromatic rings. The molecule has 25 heavy (non-hydrogen) atoms. The molecule has 1 aliphatic heterocycles. The smallest absolute Gasteiger partial charge is 0.317 e. The van der Waals surface area contributed by atoms with Gasteiger partial charge in [0.15, 0.2) is 0 Å². The standard InChI is InChI=1S/C18H24N4O3/c1-3-19-18(25)22-11-9-21(10-12-22)17(24)16(20-14(2)23)13-15-7-5-4-6-8-15/h4-8,13H,3,9-12H2,1-2H3,(H,19,25)(H,20,23). The average Bonchev–Trinajstić information content (AvgIpc) is 2.61. The Bertz CT molecular complexity index is 650. The number of carbonyl (C=O) groups is 3. The molecule has 0 radical (unpaired) electrons. The van der Waals surface area contributed by atoms with E-state index in [1.54, 1.807) is 15.9 Å². The predicted octanol–water partition coefficient (Wildman–Crippen LogP) is 1.04. The van der Waals surface area contributed by atoms with Crippen molar-refractivity contribution >= 4 is 23.9 Å². The molecule has 134 valence electrons. The van der Waals surface area contributed by atoms with Crippen LogP contribution in [0.1, 0.15) is 19.4 Å². The summed E-state index contributed by atoms with van der Waals surface area (Å²) in [5, 5.41) is 5.37. The largest absolute Gasteiger partial charge is 0.338 e. The van der Waals surface area contributed by atoms with Gasteiger partial charge in [0.2, 0.25) is 5.91 Å². The second-order valence-corrected chi connectivity index (χ2v) is 5.76. The molecule has 4 amide bonds. The van der Waals surface area contributed by atoms with Gasteiger partial charge < -0.3 is 20.4 Å². The van der Waals surface area contributed by atoms with Crippen LogP contribution >= 0.6 is 0 Å². The quantitative estimate of drug-likeness (QED) is 0.801. The van der Waals surface area contributed by atoms with Gasteiger partial charge in [-0.15, -0.1) is 0 Å². The SMILES string of the molecule is CCNC(=O)N1CCN(C(=O)C(=Cc2ccccc2)NC(C)=O)CC1. The summed E-state index contributed by atoms with van der Waals surface area (Å²) >= 11 is 0. The van der Waals surface area contributed by atoms with Crippen LogP contribution in [0, 0.1) is 0 Å². The molecule has 0 bridgehead atoms. The van der Waals surface area contributed by atoms with E-state index in [-0.39, 0.29) is 23.5 Å². The molecule has 1 aliphatic rings. The Morgan fingerprint density at radius 1 is 1.04 bits per heavy atom. The molecule has 1 aromatic carbocycles. The van der Waals surface area contributed by atoms with Crippen LogP contribution in [0.3, 0.4) is 0 Å². The molecule has 7 heteroatoms. The predicted molar refractivity (Wildman–Crippen MR) is 95.5 cm³/mol. The molecule has 2 rings (SSSR count). The lowest BCUT2D eigenvalue weighted by Crippen LogP contribution is -2.54. The van der Waals surface area contributed by atoms with E-state index in [4.69, 9.17) is 0 Å². The zero-order valence-corrected chi connectivity index (χ0v) is 14.6. The minimum absolute atomic E-state index is 0.114. The molecular formula is C18H24N4O3. The van der Waals surface area contributed by atoms with Gasteiger partial charge in [-0.05, 0) is 18.6 Å². The molecule has 0 aliphatic carbocycles. The van der Waals surface area contributed by atoms with E-state index >= 15 is 0 Å². The van der Waals surface area contributed by atoms with Crippen LogP contribution in [0.15, 0.2) is 36.0 Å². The van der Waals surface area contributed by atoms with E-state index in [0.717, 1.165) is 5.56 Å². The monoisotopic (exact) mass is 344 g/mol. The minimum atomic E-state index is -0.295. The Kier molecular flexibility index (Phi) is 6.56. The number of amides is 4. The third-order valence-electron chi connectivity index (χ3n) is 3.83. The summed E-state index contributed by atoms with van der Waals surface area (Å²) in [5.41, 5.74) is 1.07. The molecule has 0 saturated carbocycles. The zero-order chi connectivity index (χ0) is 18.2. The van der Waals surface area contributed by atoms with Crippen LogP contribution in [-0.4, -0.2) is 60.4 Å². The maximum absolute atomic E-state index is 12.8. The lowest BCUT2D eigenvalue weighted by molar-refractivity contribution is -0.130. The second-order valence-electron chi connectivity index (χ2n) is 5.76. The molecule has 7 nitrogen and oxygen atoms in total. The summed E-state index contributed by atoms with van der Waals surface area (Å²) in [5.74, 6) is -0.536. The highest BCUT2D eigenvalue weighted by Crippen LogP contribution is 2.10. The number of piperazine rings is 1. The number of nitrogens with zero attached hydrogens (tertiary/aromatic N) is 2. The summed E-state index contributed by atoms with van der Waals surface area (Å²) < 4.78 is 0. The van der Waals surface area contributed by atoms with Crippen LogP contribution in [0.4, 0.5) is 4.79 Å². The Hall–Kier alpha value is -2.83. The fourth-order valence-corrected chi connectivity index (χ4v) is 2.60. The molecule has 2 N–H and O–H groups in total. The van der Waals surface area contributed by atoms with E-state index in [2.05, 4.69) is 10.6 Å². The topological polar surface area (TPSA) is 81.8 Å². The number of benzene rings is 1. The van der Waals surface area contributed by atoms with Crippen molar-refractivity contribution in [2.75, 3.05) is 32.7 Å². The average molecular weight is 344 g/mol. The Balaban J connectivity index is 2.06. The van der Waals surface area contributed by atoms with Gasteiger partial charge in [0.05, 0.1) is 0 Å². The number of hydrogen-bond acceptors (Lipinski definition) is 3. The third kappa shape index (κ3) is 5.34. The van der Waals surface area contributed by atoms with Crippen molar-refractivity contribution < 1.29 is 14.4 Å². The zero-order valence-electron chi connectivity index (χ0n) is 14.6. The maximum atomic E-state index is 12.8. The normalized spacial score (nSPS) is 14.9. The van der Waals surface area contributed by atoms with Crippen LogP contribution in [-0.2, 0) is 9.59 Å². The van der Waals surface area contributed by atoms with Gasteiger partial charge >= 0.3 is 6.03 Å². The summed E-state index contributed by atoms with van der Waals surface area (Å²) in [6.07, 6.45) is 1.67. The lowest BCUT2D eigenvalue weighted by atomic mass is 10.1. The number of nitrogens with one attached hydrogen (secondary N) is 2. The molecule has 0 atom stereocenters. The Morgan fingerprint density at radius 2 is 1.64 bits per heavy atom. The number of urea groups is 1. The van der Waals surface area contributed by atoms with Gasteiger partial charge in [0.1, 0.15) is 5.70 Å². The van der Waals surface area contributed by atoms with Gasteiger partial charge in [0, 0.05) is 39.6 Å². The molecule has 1 fully saturated rings. The van der Waals surface area contributed by atoms with Gasteiger partial charge in [0.25, 0.3) is 5.91 Å². The molecule has 1 saturated heterocycles. The van der Waals surface area contributed by atoms with Crippen molar-refractivity contribution in [3.8, 4) is 0 Å². The molecular weight excluding hydrogens is 320 g/mol. The van der Waals surface area contributed by atoms with Crippen LogP contribution < -0.4 is 10.6 Å². The highest BCUT2D eigenvalue weighted by molar-refractivity contribution is 6.01. The summed E-state index contributed by atoms with van der Waals surface area (Å²) in [6, 6.07) is 9.23. The van der Waals surface area contributed by atoms with E-state index < -0.39 is 0 Å². The third-order valence-corrected chi connectivity index (χ3v) is 3.83. The molecule has 0 aromatic heterocycles. The van der Waals surface area contributed by atoms with Crippen molar-refractivity contribution in [1.29, 1.82) is 0 Å². The second kappa shape index (κ2) is 8.86. The fraction of sp³-hybridized carbons (Fsp3) is 0.389. The van der Waals surface area contributed by atoms with Gasteiger partial charge in [-0.2, -0.15) is 0 Å². The van der Waals surface area contributed by atoms with E-state index in [1.807, 2.05) is 37.3 Å². The highest BCUT2D eigenvalue weighted by atomic mass is 16.2. The van der Waals surface area contributed by atoms with Crippen LogP contribution in [0.2, 0.25) is 0 Å². The number of carbonyl (C=O) groups excluding carboxylic acids is 3. The Labute approximate surface area is 147 Å². The van der Waals surface area contributed by atoms with Crippen LogP contribution in [0.5, 0.6) is 0 Å². The number of hydrogen-bond donors (Lipinski definition) is 2. The first-order chi connectivity index (χ1) is 12.0. The lowest BCUT2D eigenvalue weighted by Gasteiger charge is -2.35. The first-order valence-corrected chi connectivity index (χ1v) is 8.37. The number of rotatable bonds is 4. The van der Waals surface area contributed by atoms with Crippen molar-refractivity contribution in [3.63, 3.8) is 0 Å². The first-order valence-electron chi connectivity index (χ1n) is 8.37. The van der Waals surface area contributed by atoms with Gasteiger partial charge in [-0.1, -0.05) is 30.3 Å². The highest BCUT2D eigenvalue weighted by Gasteiger charge is 2.26. The first kappa shape index (κ1) is 18.5. The van der Waals surface area contributed by atoms with Crippen molar-refractivity contribution in [2.24, 2.45) is 0 Å². The summed E-state index contributed by atoms with van der Waals surface area (Å²) in [4.78, 5) is 39.4. The minimum Gasteiger partial charge on any atom is -0.338 e. The molecule has 0 unspecified atom stereocenters. The van der Waals surface area contributed by atoms with Crippen molar-refractivity contribution in [1.82, 2.24) is 20.4 Å². The Morgan fingerprint density at radius 3 is 2.20 bits per heavy atom. The fourth-order valence-electron chi connectivity index (χ4n) is 2.60.